The van der Waals surface area contributed by atoms with Crippen LogP contribution in [0.15, 0.2) is 6.07 Å². The van der Waals surface area contributed by atoms with E-state index < -0.39 is 12.4 Å². The van der Waals surface area contributed by atoms with Crippen LogP contribution in [0.1, 0.15) is 35.9 Å². The van der Waals surface area contributed by atoms with Gasteiger partial charge in [0.25, 0.3) is 6.43 Å². The summed E-state index contributed by atoms with van der Waals surface area (Å²) in [6.45, 7) is 3.29. The standard InChI is InChI=1S/C12H12F2N2O2/c1-3-18-11(17)5-8-9(12(13)14)4-7(2)16-10(8)6-15/h4,12H,3,5H2,1-2H3. The van der Waals surface area contributed by atoms with Gasteiger partial charge in [0, 0.05) is 16.8 Å². The van der Waals surface area contributed by atoms with Gasteiger partial charge in [-0.1, -0.05) is 0 Å². The smallest absolute Gasteiger partial charge is 0.310 e. The number of rotatable bonds is 4. The zero-order valence-corrected chi connectivity index (χ0v) is 10.0. The minimum absolute atomic E-state index is 0.0587. The summed E-state index contributed by atoms with van der Waals surface area (Å²) >= 11 is 0. The number of halogens is 2. The quantitative estimate of drug-likeness (QED) is 0.773. The van der Waals surface area contributed by atoms with Gasteiger partial charge in [0.2, 0.25) is 0 Å². The van der Waals surface area contributed by atoms with Crippen molar-refractivity contribution < 1.29 is 18.3 Å². The highest BCUT2D eigenvalue weighted by Crippen LogP contribution is 2.26. The summed E-state index contributed by atoms with van der Waals surface area (Å²) < 4.78 is 30.4. The Morgan fingerprint density at radius 3 is 2.78 bits per heavy atom. The first kappa shape index (κ1) is 14.0. The minimum atomic E-state index is -2.76. The number of carbonyl (C=O) groups excluding carboxylic acids is 1. The van der Waals surface area contributed by atoms with Crippen LogP contribution < -0.4 is 0 Å². The molecule has 0 unspecified atom stereocenters. The van der Waals surface area contributed by atoms with Crippen LogP contribution in [-0.4, -0.2) is 17.6 Å². The Bertz CT molecular complexity index is 496. The Kier molecular flexibility index (Phi) is 4.72. The van der Waals surface area contributed by atoms with Gasteiger partial charge in [-0.25, -0.2) is 13.8 Å². The lowest BCUT2D eigenvalue weighted by atomic mass is 10.0. The molecule has 0 fully saturated rings. The van der Waals surface area contributed by atoms with E-state index in [1.807, 2.05) is 0 Å². The summed E-state index contributed by atoms with van der Waals surface area (Å²) in [7, 11) is 0. The second-order valence-electron chi connectivity index (χ2n) is 3.57. The molecule has 1 aromatic heterocycles. The average molecular weight is 254 g/mol. The van der Waals surface area contributed by atoms with Crippen LogP contribution >= 0.6 is 0 Å². The van der Waals surface area contributed by atoms with E-state index in [1.165, 1.54) is 13.0 Å². The van der Waals surface area contributed by atoms with Crippen LogP contribution in [0.25, 0.3) is 0 Å². The molecule has 0 radical (unpaired) electrons. The highest BCUT2D eigenvalue weighted by atomic mass is 19.3. The van der Waals surface area contributed by atoms with Gasteiger partial charge in [0.1, 0.15) is 11.8 Å². The van der Waals surface area contributed by atoms with Crippen LogP contribution in [0.2, 0.25) is 0 Å². The van der Waals surface area contributed by atoms with Crippen molar-refractivity contribution in [3.63, 3.8) is 0 Å². The van der Waals surface area contributed by atoms with E-state index in [0.29, 0.717) is 5.69 Å². The van der Waals surface area contributed by atoms with Gasteiger partial charge in [-0.15, -0.1) is 0 Å². The van der Waals surface area contributed by atoms with Crippen molar-refractivity contribution in [3.8, 4) is 6.07 Å². The number of carbonyl (C=O) groups is 1. The summed E-state index contributed by atoms with van der Waals surface area (Å²) in [4.78, 5) is 15.2. The Morgan fingerprint density at radius 2 is 2.28 bits per heavy atom. The maximum Gasteiger partial charge on any atom is 0.310 e. The summed E-state index contributed by atoms with van der Waals surface area (Å²) in [6, 6.07) is 2.91. The molecule has 0 aliphatic heterocycles. The number of alkyl halides is 2. The Balaban J connectivity index is 3.22. The number of ether oxygens (including phenoxy) is 1. The van der Waals surface area contributed by atoms with Crippen LogP contribution in [0.5, 0.6) is 0 Å². The van der Waals surface area contributed by atoms with Gasteiger partial charge in [-0.3, -0.25) is 4.79 Å². The molecule has 0 atom stereocenters. The van der Waals surface area contributed by atoms with E-state index in [-0.39, 0.29) is 29.8 Å². The molecule has 0 aliphatic carbocycles. The molecule has 0 aliphatic rings. The number of esters is 1. The van der Waals surface area contributed by atoms with Gasteiger partial charge in [0.05, 0.1) is 13.0 Å². The summed E-state index contributed by atoms with van der Waals surface area (Å²) in [5, 5.41) is 8.88. The molecule has 0 aromatic carbocycles. The zero-order valence-electron chi connectivity index (χ0n) is 10.0. The Hall–Kier alpha value is -2.03. The number of hydrogen-bond donors (Lipinski definition) is 0. The largest absolute Gasteiger partial charge is 0.466 e. The molecule has 6 heteroatoms. The fourth-order valence-corrected chi connectivity index (χ4v) is 1.55. The molecule has 96 valence electrons. The first-order valence-corrected chi connectivity index (χ1v) is 5.33. The molecule has 0 saturated carbocycles. The van der Waals surface area contributed by atoms with Gasteiger partial charge in [0.15, 0.2) is 0 Å². The molecular weight excluding hydrogens is 242 g/mol. The molecule has 0 bridgehead atoms. The second kappa shape index (κ2) is 6.05. The van der Waals surface area contributed by atoms with E-state index in [0.717, 1.165) is 0 Å². The van der Waals surface area contributed by atoms with E-state index in [1.54, 1.807) is 13.0 Å². The highest BCUT2D eigenvalue weighted by Gasteiger charge is 2.21. The molecule has 0 N–H and O–H groups in total. The molecule has 1 aromatic rings. The van der Waals surface area contributed by atoms with Gasteiger partial charge >= 0.3 is 5.97 Å². The number of pyridine rings is 1. The Labute approximate surface area is 103 Å². The van der Waals surface area contributed by atoms with Crippen molar-refractivity contribution in [3.05, 3.63) is 28.6 Å². The topological polar surface area (TPSA) is 63.0 Å². The van der Waals surface area contributed by atoms with Crippen LogP contribution in [0, 0.1) is 18.3 Å². The van der Waals surface area contributed by atoms with Gasteiger partial charge < -0.3 is 4.74 Å². The lowest BCUT2D eigenvalue weighted by molar-refractivity contribution is -0.142. The van der Waals surface area contributed by atoms with Gasteiger partial charge in [-0.2, -0.15) is 5.26 Å². The van der Waals surface area contributed by atoms with Crippen LogP contribution in [0.3, 0.4) is 0 Å². The highest BCUT2D eigenvalue weighted by molar-refractivity contribution is 5.74. The lowest BCUT2D eigenvalue weighted by Gasteiger charge is -2.10. The normalized spacial score (nSPS) is 10.2. The predicted octanol–water partition coefficient (Wildman–Crippen LogP) is 2.30. The predicted molar refractivity (Wildman–Crippen MR) is 59.0 cm³/mol. The molecule has 4 nitrogen and oxygen atoms in total. The third-order valence-corrected chi connectivity index (χ3v) is 2.25. The average Bonchev–Trinajstić information content (AvgIpc) is 2.30. The molecule has 1 rings (SSSR count). The van der Waals surface area contributed by atoms with Crippen molar-refractivity contribution in [1.29, 1.82) is 5.26 Å². The van der Waals surface area contributed by atoms with Crippen LogP contribution in [0.4, 0.5) is 8.78 Å². The van der Waals surface area contributed by atoms with Gasteiger partial charge in [-0.05, 0) is 19.9 Å². The molecule has 0 amide bonds. The summed E-state index contributed by atoms with van der Waals surface area (Å²) in [5.41, 5.74) is -0.239. The second-order valence-corrected chi connectivity index (χ2v) is 3.57. The number of nitrogens with zero attached hydrogens (tertiary/aromatic N) is 2. The van der Waals surface area contributed by atoms with Crippen molar-refractivity contribution in [2.24, 2.45) is 0 Å². The number of aromatic nitrogens is 1. The molecular formula is C12H12F2N2O2. The fourth-order valence-electron chi connectivity index (χ4n) is 1.55. The molecule has 0 spiro atoms. The van der Waals surface area contributed by atoms with Crippen molar-refractivity contribution >= 4 is 5.97 Å². The van der Waals surface area contributed by atoms with Crippen LogP contribution in [-0.2, 0) is 16.0 Å². The number of hydrogen-bond acceptors (Lipinski definition) is 4. The maximum atomic E-state index is 12.9. The Morgan fingerprint density at radius 1 is 1.61 bits per heavy atom. The molecule has 1 heterocycles. The van der Waals surface area contributed by atoms with E-state index in [2.05, 4.69) is 9.72 Å². The summed E-state index contributed by atoms with van der Waals surface area (Å²) in [6.07, 6.45) is -3.13. The first-order valence-electron chi connectivity index (χ1n) is 5.33. The zero-order chi connectivity index (χ0) is 13.7. The van der Waals surface area contributed by atoms with E-state index in [4.69, 9.17) is 5.26 Å². The fraction of sp³-hybridized carbons (Fsp3) is 0.417. The number of nitriles is 1. The third-order valence-electron chi connectivity index (χ3n) is 2.25. The van der Waals surface area contributed by atoms with E-state index in [9.17, 15) is 13.6 Å². The van der Waals surface area contributed by atoms with Crippen molar-refractivity contribution in [1.82, 2.24) is 4.98 Å². The molecule has 18 heavy (non-hydrogen) atoms. The minimum Gasteiger partial charge on any atom is -0.466 e. The van der Waals surface area contributed by atoms with Crippen molar-refractivity contribution in [2.45, 2.75) is 26.7 Å². The SMILES string of the molecule is CCOC(=O)Cc1c(C(F)F)cc(C)nc1C#N. The first-order chi connectivity index (χ1) is 8.49. The van der Waals surface area contributed by atoms with E-state index >= 15 is 0 Å². The lowest BCUT2D eigenvalue weighted by Crippen LogP contribution is -2.12. The van der Waals surface area contributed by atoms with Crippen molar-refractivity contribution in [2.75, 3.05) is 6.61 Å². The molecule has 0 saturated heterocycles. The maximum absolute atomic E-state index is 12.9. The monoisotopic (exact) mass is 254 g/mol. The summed E-state index contributed by atoms with van der Waals surface area (Å²) in [5.74, 6) is -0.651. The third kappa shape index (κ3) is 3.23. The number of aryl methyl sites for hydroxylation is 1.